The topological polar surface area (TPSA) is 71.7 Å². The lowest BCUT2D eigenvalue weighted by atomic mass is 10.1. The first-order valence-corrected chi connectivity index (χ1v) is 5.94. The Kier molecular flexibility index (Phi) is 5.61. The number of anilines is 1. The lowest BCUT2D eigenvalue weighted by Crippen LogP contribution is -2.37. The van der Waals surface area contributed by atoms with E-state index in [1.165, 1.54) is 5.56 Å². The zero-order chi connectivity index (χ0) is 13.5. The molecule has 5 heteroatoms. The van der Waals surface area contributed by atoms with Crippen molar-refractivity contribution in [2.45, 2.75) is 26.8 Å². The van der Waals surface area contributed by atoms with Crippen molar-refractivity contribution in [1.82, 2.24) is 5.43 Å². The molecule has 0 saturated carbocycles. The van der Waals surface area contributed by atoms with E-state index in [0.717, 1.165) is 11.3 Å². The zero-order valence-corrected chi connectivity index (χ0v) is 11.4. The van der Waals surface area contributed by atoms with Crippen LogP contribution >= 0.6 is 0 Å². The Hall–Kier alpha value is -1.59. The van der Waals surface area contributed by atoms with Crippen LogP contribution in [-0.4, -0.2) is 25.7 Å². The summed E-state index contributed by atoms with van der Waals surface area (Å²) in [6.45, 7) is 6.62. The number of nitrogens with one attached hydrogen (secondary N) is 2. The van der Waals surface area contributed by atoms with Crippen LogP contribution in [0, 0.1) is 13.8 Å². The van der Waals surface area contributed by atoms with Gasteiger partial charge in [-0.15, -0.1) is 0 Å². The van der Waals surface area contributed by atoms with E-state index in [0.29, 0.717) is 12.6 Å². The maximum absolute atomic E-state index is 5.46. The van der Waals surface area contributed by atoms with Crippen LogP contribution in [0.15, 0.2) is 23.2 Å². The highest BCUT2D eigenvalue weighted by Crippen LogP contribution is 2.15. The summed E-state index contributed by atoms with van der Waals surface area (Å²) in [5.41, 5.74) is 5.93. The highest BCUT2D eigenvalue weighted by molar-refractivity contribution is 5.94. The quantitative estimate of drug-likeness (QED) is 0.328. The van der Waals surface area contributed by atoms with Crippen molar-refractivity contribution in [1.29, 1.82) is 0 Å². The summed E-state index contributed by atoms with van der Waals surface area (Å²) in [4.78, 5) is 4.39. The molecule has 0 aliphatic rings. The third-order valence-corrected chi connectivity index (χ3v) is 2.53. The van der Waals surface area contributed by atoms with Crippen molar-refractivity contribution >= 4 is 11.6 Å². The van der Waals surface area contributed by atoms with Crippen molar-refractivity contribution < 1.29 is 4.74 Å². The molecule has 1 unspecified atom stereocenters. The number of aliphatic imine (C=N–C) groups is 1. The molecule has 0 fully saturated rings. The predicted octanol–water partition coefficient (Wildman–Crippen LogP) is 1.57. The van der Waals surface area contributed by atoms with E-state index in [1.807, 2.05) is 26.0 Å². The maximum atomic E-state index is 5.46. The second-order valence-electron chi connectivity index (χ2n) is 4.37. The van der Waals surface area contributed by atoms with Crippen LogP contribution in [0.2, 0.25) is 0 Å². The average Bonchev–Trinajstić information content (AvgIpc) is 2.31. The fourth-order valence-corrected chi connectivity index (χ4v) is 1.69. The van der Waals surface area contributed by atoms with Gasteiger partial charge in [0.25, 0.3) is 0 Å². The largest absolute Gasteiger partial charge is 0.382 e. The highest BCUT2D eigenvalue weighted by Gasteiger charge is 2.04. The highest BCUT2D eigenvalue weighted by atomic mass is 16.5. The molecule has 0 aromatic heterocycles. The average molecular weight is 250 g/mol. The van der Waals surface area contributed by atoms with Gasteiger partial charge in [-0.25, -0.2) is 10.8 Å². The minimum absolute atomic E-state index is 0.0410. The van der Waals surface area contributed by atoms with Gasteiger partial charge >= 0.3 is 0 Å². The van der Waals surface area contributed by atoms with Crippen LogP contribution in [0.3, 0.4) is 0 Å². The monoisotopic (exact) mass is 250 g/mol. The van der Waals surface area contributed by atoms with Crippen LogP contribution in [0.25, 0.3) is 0 Å². The number of hydrogen-bond acceptors (Lipinski definition) is 3. The summed E-state index contributed by atoms with van der Waals surface area (Å²) in [6, 6.07) is 6.20. The fourth-order valence-electron chi connectivity index (χ4n) is 1.69. The number of methoxy groups -OCH3 is 1. The maximum Gasteiger partial charge on any atom is 0.210 e. The van der Waals surface area contributed by atoms with Gasteiger partial charge in [-0.3, -0.25) is 5.43 Å². The molecule has 0 spiro atoms. The van der Waals surface area contributed by atoms with E-state index in [9.17, 15) is 0 Å². The first-order valence-electron chi connectivity index (χ1n) is 5.94. The fraction of sp³-hybridized carbons (Fsp3) is 0.462. The molecule has 0 aliphatic heterocycles. The van der Waals surface area contributed by atoms with Crippen molar-refractivity contribution in [3.05, 3.63) is 29.3 Å². The van der Waals surface area contributed by atoms with Gasteiger partial charge in [0.15, 0.2) is 0 Å². The normalized spacial score (nSPS) is 13.3. The Morgan fingerprint density at radius 3 is 2.72 bits per heavy atom. The predicted molar refractivity (Wildman–Crippen MR) is 75.6 cm³/mol. The number of guanidine groups is 1. The van der Waals surface area contributed by atoms with Gasteiger partial charge in [-0.05, 0) is 32.4 Å². The van der Waals surface area contributed by atoms with E-state index >= 15 is 0 Å². The van der Waals surface area contributed by atoms with E-state index in [2.05, 4.69) is 28.7 Å². The molecule has 0 radical (unpaired) electrons. The van der Waals surface area contributed by atoms with Gasteiger partial charge in [0, 0.05) is 12.8 Å². The molecule has 18 heavy (non-hydrogen) atoms. The van der Waals surface area contributed by atoms with Crippen LogP contribution in [0.4, 0.5) is 5.69 Å². The number of benzene rings is 1. The Labute approximate surface area is 108 Å². The molecule has 0 amide bonds. The third kappa shape index (κ3) is 4.35. The lowest BCUT2D eigenvalue weighted by Gasteiger charge is -2.14. The van der Waals surface area contributed by atoms with Crippen LogP contribution in [-0.2, 0) is 4.74 Å². The summed E-state index contributed by atoms with van der Waals surface area (Å²) >= 11 is 0. The van der Waals surface area contributed by atoms with Crippen molar-refractivity contribution in [2.24, 2.45) is 10.8 Å². The molecule has 1 rings (SSSR count). The molecule has 1 atom stereocenters. The molecule has 1 aromatic rings. The van der Waals surface area contributed by atoms with Gasteiger partial charge in [-0.1, -0.05) is 17.7 Å². The standard InChI is InChI=1S/C13H22N4O/c1-9-5-6-12(10(2)7-9)16-13(17-14)15-11(3)8-18-4/h5-7,11H,8,14H2,1-4H3,(H2,15,16,17). The Bertz CT molecular complexity index is 417. The Morgan fingerprint density at radius 1 is 1.44 bits per heavy atom. The molecular weight excluding hydrogens is 228 g/mol. The number of hydrazine groups is 1. The first-order chi connectivity index (χ1) is 8.56. The Balaban J connectivity index is 2.79. The van der Waals surface area contributed by atoms with E-state index in [4.69, 9.17) is 10.6 Å². The van der Waals surface area contributed by atoms with Gasteiger partial charge in [0.2, 0.25) is 5.96 Å². The zero-order valence-electron chi connectivity index (χ0n) is 11.4. The van der Waals surface area contributed by atoms with Crippen LogP contribution in [0.5, 0.6) is 0 Å². The molecule has 100 valence electrons. The molecule has 5 nitrogen and oxygen atoms in total. The summed E-state index contributed by atoms with van der Waals surface area (Å²) < 4.78 is 5.04. The Morgan fingerprint density at radius 2 is 2.17 bits per heavy atom. The van der Waals surface area contributed by atoms with Crippen LogP contribution < -0.4 is 16.6 Å². The minimum Gasteiger partial charge on any atom is -0.382 e. The van der Waals surface area contributed by atoms with Crippen molar-refractivity contribution in [3.8, 4) is 0 Å². The lowest BCUT2D eigenvalue weighted by molar-refractivity contribution is 0.185. The second kappa shape index (κ2) is 6.98. The van der Waals surface area contributed by atoms with Gasteiger partial charge in [0.05, 0.1) is 12.6 Å². The molecule has 0 aliphatic carbocycles. The van der Waals surface area contributed by atoms with Crippen molar-refractivity contribution in [3.63, 3.8) is 0 Å². The SMILES string of the molecule is COCC(C)N=C(NN)Nc1ccc(C)cc1C. The summed E-state index contributed by atoms with van der Waals surface area (Å²) in [5, 5.41) is 3.17. The molecular formula is C13H22N4O. The van der Waals surface area contributed by atoms with E-state index in [-0.39, 0.29) is 6.04 Å². The summed E-state index contributed by atoms with van der Waals surface area (Å²) in [5.74, 6) is 5.99. The number of nitrogens with two attached hydrogens (primary N) is 1. The van der Waals surface area contributed by atoms with E-state index < -0.39 is 0 Å². The second-order valence-corrected chi connectivity index (χ2v) is 4.37. The number of hydrogen-bond donors (Lipinski definition) is 3. The van der Waals surface area contributed by atoms with Crippen LogP contribution in [0.1, 0.15) is 18.1 Å². The molecule has 0 bridgehead atoms. The van der Waals surface area contributed by atoms with E-state index in [1.54, 1.807) is 7.11 Å². The first kappa shape index (κ1) is 14.5. The summed E-state index contributed by atoms with van der Waals surface area (Å²) in [6.07, 6.45) is 0. The molecule has 1 aromatic carbocycles. The smallest absolute Gasteiger partial charge is 0.210 e. The van der Waals surface area contributed by atoms with Gasteiger partial charge in [-0.2, -0.15) is 0 Å². The molecule has 0 heterocycles. The molecule has 4 N–H and O–H groups in total. The van der Waals surface area contributed by atoms with Gasteiger partial charge in [0.1, 0.15) is 0 Å². The van der Waals surface area contributed by atoms with Gasteiger partial charge < -0.3 is 10.1 Å². The summed E-state index contributed by atoms with van der Waals surface area (Å²) in [7, 11) is 1.65. The number of ether oxygens (including phenoxy) is 1. The number of nitrogens with zero attached hydrogens (tertiary/aromatic N) is 1. The number of rotatable bonds is 4. The molecule has 0 saturated heterocycles. The van der Waals surface area contributed by atoms with Crippen molar-refractivity contribution in [2.75, 3.05) is 19.0 Å². The third-order valence-electron chi connectivity index (χ3n) is 2.53. The minimum atomic E-state index is 0.0410. The number of aryl methyl sites for hydroxylation is 2.